The normalized spacial score (nSPS) is 23.5. The molecule has 6 bridgehead atoms. The van der Waals surface area contributed by atoms with Gasteiger partial charge < -0.3 is 42.2 Å². The van der Waals surface area contributed by atoms with Crippen molar-refractivity contribution in [2.45, 2.75) is 110 Å². The first-order valence-electron chi connectivity index (χ1n) is 20.3. The maximum Gasteiger partial charge on any atom is 0.309 e. The van der Waals surface area contributed by atoms with E-state index in [4.69, 9.17) is 32.2 Å². The number of ether oxygens (including phenoxy) is 4. The quantitative estimate of drug-likeness (QED) is 0.0932. The molecule has 0 saturated carbocycles. The number of hydrogen-bond acceptors (Lipinski definition) is 15. The van der Waals surface area contributed by atoms with Crippen molar-refractivity contribution < 1.29 is 56.5 Å². The molecule has 0 saturated heterocycles. The Balaban J connectivity index is 1.48. The van der Waals surface area contributed by atoms with Gasteiger partial charge in [0.2, 0.25) is 24.1 Å². The van der Waals surface area contributed by atoms with Crippen LogP contribution in [0.4, 0.5) is 0 Å². The van der Waals surface area contributed by atoms with Crippen molar-refractivity contribution in [1.29, 1.82) is 0 Å². The molecule has 1 amide bonds. The molecule has 3 aromatic heterocycles. The molecule has 4 rings (SSSR count). The molecule has 16 nitrogen and oxygen atoms in total. The minimum atomic E-state index is -1.19. The molecule has 328 valence electrons. The zero-order valence-electron chi connectivity index (χ0n) is 35.9. The smallest absolute Gasteiger partial charge is 0.309 e. The van der Waals surface area contributed by atoms with Gasteiger partial charge in [-0.2, -0.15) is 0 Å². The molecule has 0 spiro atoms. The standard InChI is InChI=1S/C44H60N4O12/c1-27-13-9-10-17-40-45-33(24-57-40)43-47-34(25-59-43)44-46-32(23-58-44)42(56-8)30(4)35(51)15-11-14-31(50)21-41(53)60-39(27)22-38(55-7)28(2)18-19-36(52)29(3)37(54-6)16-12-20-48(5)26-49/h10-12,14,17,20,23-31,37-39,42,50H,9,13,15-16,18-19,21-22H2,1-8H3/b14-11-,17-10?,20-12+/t27-,28-,29-,30-,31+,37-,38-,39-,42+/m1/s1. The Kier molecular flexibility index (Phi) is 18.8. The molecule has 0 unspecified atom stereocenters. The Morgan fingerprint density at radius 3 is 2.40 bits per heavy atom. The number of nitrogens with zero attached hydrogens (tertiary/aromatic N) is 4. The predicted molar refractivity (Wildman–Crippen MR) is 219 cm³/mol. The lowest BCUT2D eigenvalue weighted by Gasteiger charge is -2.31. The number of hydrogen-bond donors (Lipinski definition) is 1. The Bertz CT molecular complexity index is 1910. The fraction of sp³-hybridized carbons (Fsp3) is 0.568. The number of carbonyl (C=O) groups excluding carboxylic acids is 4. The number of ketones is 2. The monoisotopic (exact) mass is 836 g/mol. The van der Waals surface area contributed by atoms with E-state index < -0.39 is 30.2 Å². The summed E-state index contributed by atoms with van der Waals surface area (Å²) in [4.78, 5) is 65.5. The molecular weight excluding hydrogens is 777 g/mol. The molecule has 0 aliphatic carbocycles. The molecule has 16 heteroatoms. The summed E-state index contributed by atoms with van der Waals surface area (Å²) in [6.07, 6.45) is 14.3. The number of cyclic esters (lactones) is 1. The second-order valence-electron chi connectivity index (χ2n) is 15.4. The zero-order valence-corrected chi connectivity index (χ0v) is 35.9. The van der Waals surface area contributed by atoms with Crippen LogP contribution in [0.15, 0.2) is 62.5 Å². The maximum atomic E-state index is 13.3. The fourth-order valence-electron chi connectivity index (χ4n) is 7.03. The van der Waals surface area contributed by atoms with E-state index in [-0.39, 0.29) is 66.2 Å². The third-order valence-corrected chi connectivity index (χ3v) is 11.0. The number of fused-ring (bicyclic) bond motifs is 8. The van der Waals surface area contributed by atoms with Crippen molar-refractivity contribution in [3.8, 4) is 23.2 Å². The van der Waals surface area contributed by atoms with Gasteiger partial charge in [-0.1, -0.05) is 52.0 Å². The van der Waals surface area contributed by atoms with Gasteiger partial charge in [0.1, 0.15) is 48.3 Å². The van der Waals surface area contributed by atoms with Crippen LogP contribution in [0.25, 0.3) is 29.2 Å². The van der Waals surface area contributed by atoms with Crippen LogP contribution >= 0.6 is 0 Å². The SMILES string of the molecule is CO[C@@H]1c2coc(n2)-c2coc(n2)-c2coc(n2)C=CCC[C@@H](C)[C@@H](C[C@@H](OC)[C@H](C)CCC(=O)[C@@H](C)[C@@H](C/C=C/N(C)C=O)OC)OC(=O)C[C@@H](O)/C=C\CC(=O)[C@H]1C. The number of Topliss-reactive ketones (excluding diaryl/α,β-unsaturated/α-hetero) is 2. The molecular formula is C44H60N4O12. The predicted octanol–water partition coefficient (Wildman–Crippen LogP) is 6.96. The van der Waals surface area contributed by atoms with Crippen LogP contribution in [0.1, 0.15) is 96.8 Å². The van der Waals surface area contributed by atoms with Crippen molar-refractivity contribution >= 4 is 30.0 Å². The van der Waals surface area contributed by atoms with E-state index >= 15 is 0 Å². The van der Waals surface area contributed by atoms with E-state index in [1.165, 1.54) is 43.0 Å². The molecule has 1 aliphatic rings. The number of allylic oxidation sites excluding steroid dienone is 2. The van der Waals surface area contributed by atoms with Crippen LogP contribution in [0.5, 0.6) is 0 Å². The van der Waals surface area contributed by atoms with Crippen LogP contribution in [0, 0.1) is 23.7 Å². The topological polar surface area (TPSA) is 207 Å². The molecule has 60 heavy (non-hydrogen) atoms. The average Bonchev–Trinajstić information content (AvgIpc) is 4.03. The minimum absolute atomic E-state index is 0.0196. The first-order valence-corrected chi connectivity index (χ1v) is 20.3. The number of carbonyl (C=O) groups is 4. The molecule has 0 fully saturated rings. The van der Waals surface area contributed by atoms with Gasteiger partial charge in [0.05, 0.1) is 24.7 Å². The van der Waals surface area contributed by atoms with Crippen molar-refractivity contribution in [2.75, 3.05) is 28.4 Å². The second-order valence-corrected chi connectivity index (χ2v) is 15.4. The summed E-state index contributed by atoms with van der Waals surface area (Å²) >= 11 is 0. The largest absolute Gasteiger partial charge is 0.462 e. The van der Waals surface area contributed by atoms with E-state index in [1.807, 2.05) is 26.8 Å². The van der Waals surface area contributed by atoms with Gasteiger partial charge in [0.25, 0.3) is 0 Å². The minimum Gasteiger partial charge on any atom is -0.462 e. The Morgan fingerprint density at radius 2 is 1.68 bits per heavy atom. The molecule has 1 aliphatic heterocycles. The summed E-state index contributed by atoms with van der Waals surface area (Å²) in [5, 5.41) is 10.8. The van der Waals surface area contributed by atoms with E-state index in [9.17, 15) is 24.3 Å². The Morgan fingerprint density at radius 1 is 0.983 bits per heavy atom. The number of aliphatic hydroxyl groups is 1. The molecule has 0 aromatic carbocycles. The number of esters is 1. The lowest BCUT2D eigenvalue weighted by atomic mass is 9.86. The highest BCUT2D eigenvalue weighted by molar-refractivity contribution is 5.83. The summed E-state index contributed by atoms with van der Waals surface area (Å²) in [5.74, 6) is -1.21. The summed E-state index contributed by atoms with van der Waals surface area (Å²) in [5.41, 5.74) is 1.08. The van der Waals surface area contributed by atoms with E-state index in [2.05, 4.69) is 15.0 Å². The summed E-state index contributed by atoms with van der Waals surface area (Å²) in [6.45, 7) is 7.55. The second kappa shape index (κ2) is 23.7. The van der Waals surface area contributed by atoms with Gasteiger partial charge in [-0.25, -0.2) is 15.0 Å². The van der Waals surface area contributed by atoms with Gasteiger partial charge in [-0.3, -0.25) is 19.2 Å². The fourth-order valence-corrected chi connectivity index (χ4v) is 7.03. The molecule has 1 N–H and O–H groups in total. The maximum absolute atomic E-state index is 13.3. The number of rotatable bonds is 15. The van der Waals surface area contributed by atoms with Crippen LogP contribution in [0.3, 0.4) is 0 Å². The van der Waals surface area contributed by atoms with E-state index in [1.54, 1.807) is 46.5 Å². The highest BCUT2D eigenvalue weighted by Crippen LogP contribution is 2.31. The van der Waals surface area contributed by atoms with Gasteiger partial charge in [-0.05, 0) is 43.6 Å². The third-order valence-electron chi connectivity index (χ3n) is 11.0. The van der Waals surface area contributed by atoms with Crippen molar-refractivity contribution in [3.63, 3.8) is 0 Å². The van der Waals surface area contributed by atoms with Crippen LogP contribution in [-0.4, -0.2) is 102 Å². The van der Waals surface area contributed by atoms with Gasteiger partial charge >= 0.3 is 5.97 Å². The molecule has 3 aromatic rings. The highest BCUT2D eigenvalue weighted by Gasteiger charge is 2.31. The van der Waals surface area contributed by atoms with Crippen LogP contribution in [0.2, 0.25) is 0 Å². The Hall–Kier alpha value is -5.03. The summed E-state index contributed by atoms with van der Waals surface area (Å²) in [7, 11) is 6.27. The van der Waals surface area contributed by atoms with Crippen LogP contribution < -0.4 is 0 Å². The molecule has 0 radical (unpaired) electrons. The third kappa shape index (κ3) is 13.8. The molecule has 9 atom stereocenters. The van der Waals surface area contributed by atoms with Crippen molar-refractivity contribution in [1.82, 2.24) is 19.9 Å². The number of aliphatic hydroxyl groups excluding tert-OH is 1. The first-order chi connectivity index (χ1) is 28.8. The first kappa shape index (κ1) is 47.6. The number of methoxy groups -OCH3 is 3. The lowest BCUT2D eigenvalue weighted by Crippen LogP contribution is -2.34. The van der Waals surface area contributed by atoms with Crippen molar-refractivity contribution in [3.05, 3.63) is 60.9 Å². The highest BCUT2D eigenvalue weighted by atomic mass is 16.5. The van der Waals surface area contributed by atoms with Gasteiger partial charge in [-0.15, -0.1) is 0 Å². The number of oxazole rings is 3. The summed E-state index contributed by atoms with van der Waals surface area (Å²) < 4.78 is 40.2. The van der Waals surface area contributed by atoms with Gasteiger partial charge in [0, 0.05) is 65.7 Å². The zero-order chi connectivity index (χ0) is 43.8. The van der Waals surface area contributed by atoms with Crippen molar-refractivity contribution in [2.24, 2.45) is 23.7 Å². The van der Waals surface area contributed by atoms with Crippen LogP contribution in [-0.2, 0) is 38.1 Å². The van der Waals surface area contributed by atoms with Gasteiger partial charge in [0.15, 0.2) is 11.4 Å². The summed E-state index contributed by atoms with van der Waals surface area (Å²) in [6, 6.07) is 0. The number of aromatic nitrogens is 3. The van der Waals surface area contributed by atoms with E-state index in [0.717, 1.165) is 0 Å². The lowest BCUT2D eigenvalue weighted by molar-refractivity contribution is -0.156. The molecule has 4 heterocycles. The average molecular weight is 837 g/mol. The Labute approximate surface area is 351 Å². The number of amides is 1. The van der Waals surface area contributed by atoms with E-state index in [0.29, 0.717) is 67.9 Å².